The molecule has 4 nitrogen and oxygen atoms in total. The second kappa shape index (κ2) is 6.44. The molecule has 1 atom stereocenters. The van der Waals surface area contributed by atoms with E-state index in [1.807, 2.05) is 18.2 Å². The number of anilines is 1. The number of aliphatic hydroxyl groups is 1. The molecule has 0 saturated carbocycles. The van der Waals surface area contributed by atoms with E-state index in [0.29, 0.717) is 11.5 Å². The van der Waals surface area contributed by atoms with Crippen LogP contribution >= 0.6 is 0 Å². The number of rotatable bonds is 4. The summed E-state index contributed by atoms with van der Waals surface area (Å²) in [6.45, 7) is 2.11. The van der Waals surface area contributed by atoms with Crippen molar-refractivity contribution in [3.05, 3.63) is 23.8 Å². The van der Waals surface area contributed by atoms with Crippen LogP contribution in [0.4, 0.5) is 5.69 Å². The van der Waals surface area contributed by atoms with E-state index in [1.165, 1.54) is 0 Å². The molecule has 0 aliphatic carbocycles. The average Bonchev–Trinajstić information content (AvgIpc) is 2.47. The Hall–Kier alpha value is -1.73. The standard InChI is InChI=1S/C15H20N2O2/c1-19-14-5-4-13(10-16)15(9-14)17-7-2-3-12(11-17)6-8-18/h4-5,9,12,18H,2-3,6-8,11H2,1H3. The van der Waals surface area contributed by atoms with Crippen molar-refractivity contribution in [2.24, 2.45) is 5.92 Å². The largest absolute Gasteiger partial charge is 0.497 e. The van der Waals surface area contributed by atoms with E-state index < -0.39 is 0 Å². The number of benzene rings is 1. The summed E-state index contributed by atoms with van der Waals surface area (Å²) in [7, 11) is 1.63. The van der Waals surface area contributed by atoms with Gasteiger partial charge in [-0.25, -0.2) is 0 Å². The molecule has 1 aliphatic heterocycles. The highest BCUT2D eigenvalue weighted by molar-refractivity contribution is 5.62. The van der Waals surface area contributed by atoms with Gasteiger partial charge in [0.25, 0.3) is 0 Å². The van der Waals surface area contributed by atoms with E-state index in [0.717, 1.165) is 43.8 Å². The molecule has 1 aliphatic rings. The Kier molecular flexibility index (Phi) is 4.64. The molecule has 1 aromatic rings. The Bertz CT molecular complexity index is 466. The minimum absolute atomic E-state index is 0.238. The lowest BCUT2D eigenvalue weighted by Gasteiger charge is -2.34. The topological polar surface area (TPSA) is 56.5 Å². The Balaban J connectivity index is 2.22. The van der Waals surface area contributed by atoms with E-state index >= 15 is 0 Å². The summed E-state index contributed by atoms with van der Waals surface area (Å²) >= 11 is 0. The predicted molar refractivity (Wildman–Crippen MR) is 74.3 cm³/mol. The van der Waals surface area contributed by atoms with Crippen LogP contribution in [0.1, 0.15) is 24.8 Å². The van der Waals surface area contributed by atoms with Crippen LogP contribution in [0.5, 0.6) is 5.75 Å². The molecule has 1 heterocycles. The first-order valence-corrected chi connectivity index (χ1v) is 6.72. The van der Waals surface area contributed by atoms with Gasteiger partial charge in [0.15, 0.2) is 0 Å². The maximum atomic E-state index is 9.22. The van der Waals surface area contributed by atoms with Crippen molar-refractivity contribution >= 4 is 5.69 Å². The zero-order valence-electron chi connectivity index (χ0n) is 11.3. The number of piperidine rings is 1. The summed E-state index contributed by atoms with van der Waals surface area (Å²) in [5, 5.41) is 18.3. The van der Waals surface area contributed by atoms with Gasteiger partial charge in [-0.05, 0) is 37.3 Å². The average molecular weight is 260 g/mol. The molecule has 1 unspecified atom stereocenters. The van der Waals surface area contributed by atoms with E-state index in [1.54, 1.807) is 7.11 Å². The van der Waals surface area contributed by atoms with Crippen LogP contribution in [-0.4, -0.2) is 31.9 Å². The van der Waals surface area contributed by atoms with Gasteiger partial charge in [-0.1, -0.05) is 0 Å². The maximum absolute atomic E-state index is 9.22. The van der Waals surface area contributed by atoms with E-state index in [4.69, 9.17) is 9.84 Å². The fraction of sp³-hybridized carbons (Fsp3) is 0.533. The Morgan fingerprint density at radius 2 is 2.37 bits per heavy atom. The summed E-state index contributed by atoms with van der Waals surface area (Å²) in [6.07, 6.45) is 3.10. The molecule has 0 radical (unpaired) electrons. The summed E-state index contributed by atoms with van der Waals surface area (Å²) in [4.78, 5) is 2.24. The highest BCUT2D eigenvalue weighted by Crippen LogP contribution is 2.30. The molecule has 102 valence electrons. The van der Waals surface area contributed by atoms with Crippen LogP contribution in [0.15, 0.2) is 18.2 Å². The predicted octanol–water partition coefficient (Wildman–Crippen LogP) is 2.17. The minimum atomic E-state index is 0.238. The third-order valence-corrected chi connectivity index (χ3v) is 3.72. The van der Waals surface area contributed by atoms with Crippen LogP contribution in [0.2, 0.25) is 0 Å². The Morgan fingerprint density at radius 1 is 1.53 bits per heavy atom. The SMILES string of the molecule is COc1ccc(C#N)c(N2CCCC(CCO)C2)c1. The lowest BCUT2D eigenvalue weighted by Crippen LogP contribution is -2.36. The molecule has 0 aromatic heterocycles. The van der Waals surface area contributed by atoms with Gasteiger partial charge in [0, 0.05) is 25.8 Å². The van der Waals surface area contributed by atoms with Gasteiger partial charge in [-0.3, -0.25) is 0 Å². The van der Waals surface area contributed by atoms with Gasteiger partial charge in [0.05, 0.1) is 18.4 Å². The second-order valence-corrected chi connectivity index (χ2v) is 4.96. The zero-order valence-corrected chi connectivity index (χ0v) is 11.3. The van der Waals surface area contributed by atoms with Crippen LogP contribution in [0.25, 0.3) is 0 Å². The van der Waals surface area contributed by atoms with Crippen molar-refractivity contribution in [3.8, 4) is 11.8 Å². The first kappa shape index (κ1) is 13.7. The van der Waals surface area contributed by atoms with Crippen molar-refractivity contribution in [2.75, 3.05) is 31.7 Å². The van der Waals surface area contributed by atoms with Crippen LogP contribution in [-0.2, 0) is 0 Å². The zero-order chi connectivity index (χ0) is 13.7. The molecule has 0 spiro atoms. The smallest absolute Gasteiger partial charge is 0.121 e. The first-order chi connectivity index (χ1) is 9.28. The molecule has 0 bridgehead atoms. The van der Waals surface area contributed by atoms with Gasteiger partial charge >= 0.3 is 0 Å². The highest BCUT2D eigenvalue weighted by atomic mass is 16.5. The number of nitrogens with zero attached hydrogens (tertiary/aromatic N) is 2. The summed E-state index contributed by atoms with van der Waals surface area (Å²) < 4.78 is 5.24. The molecule has 1 fully saturated rings. The molecule has 4 heteroatoms. The minimum Gasteiger partial charge on any atom is -0.497 e. The van der Waals surface area contributed by atoms with Crippen molar-refractivity contribution in [1.82, 2.24) is 0 Å². The van der Waals surface area contributed by atoms with Crippen LogP contribution in [0.3, 0.4) is 0 Å². The number of ether oxygens (including phenoxy) is 1. The normalized spacial score (nSPS) is 19.0. The number of methoxy groups -OCH3 is 1. The Morgan fingerprint density at radius 3 is 3.05 bits per heavy atom. The fourth-order valence-electron chi connectivity index (χ4n) is 2.70. The monoisotopic (exact) mass is 260 g/mol. The van der Waals surface area contributed by atoms with Gasteiger partial charge in [0.1, 0.15) is 11.8 Å². The van der Waals surface area contributed by atoms with Crippen molar-refractivity contribution < 1.29 is 9.84 Å². The summed E-state index contributed by atoms with van der Waals surface area (Å²) in [5.74, 6) is 1.29. The van der Waals surface area contributed by atoms with Gasteiger partial charge in [0.2, 0.25) is 0 Å². The lowest BCUT2D eigenvalue weighted by molar-refractivity contribution is 0.244. The van der Waals surface area contributed by atoms with Crippen molar-refractivity contribution in [2.45, 2.75) is 19.3 Å². The van der Waals surface area contributed by atoms with Gasteiger partial charge in [-0.15, -0.1) is 0 Å². The molecule has 1 aromatic carbocycles. The van der Waals surface area contributed by atoms with Crippen molar-refractivity contribution in [1.29, 1.82) is 5.26 Å². The number of nitriles is 1. The number of hydrogen-bond acceptors (Lipinski definition) is 4. The number of aliphatic hydroxyl groups excluding tert-OH is 1. The quantitative estimate of drug-likeness (QED) is 0.901. The van der Waals surface area contributed by atoms with Crippen LogP contribution < -0.4 is 9.64 Å². The summed E-state index contributed by atoms with van der Waals surface area (Å²) in [5.41, 5.74) is 1.63. The lowest BCUT2D eigenvalue weighted by atomic mass is 9.94. The van der Waals surface area contributed by atoms with E-state index in [-0.39, 0.29) is 6.61 Å². The molecule has 1 saturated heterocycles. The first-order valence-electron chi connectivity index (χ1n) is 6.72. The van der Waals surface area contributed by atoms with E-state index in [9.17, 15) is 5.26 Å². The molecular weight excluding hydrogens is 240 g/mol. The maximum Gasteiger partial charge on any atom is 0.121 e. The summed E-state index contributed by atoms with van der Waals surface area (Å²) in [6, 6.07) is 7.80. The molecular formula is C15H20N2O2. The Labute approximate surface area is 114 Å². The van der Waals surface area contributed by atoms with E-state index in [2.05, 4.69) is 11.0 Å². The fourth-order valence-corrected chi connectivity index (χ4v) is 2.70. The molecule has 2 rings (SSSR count). The third kappa shape index (κ3) is 3.18. The highest BCUT2D eigenvalue weighted by Gasteiger charge is 2.21. The third-order valence-electron chi connectivity index (χ3n) is 3.72. The molecule has 1 N–H and O–H groups in total. The molecule has 0 amide bonds. The van der Waals surface area contributed by atoms with Crippen LogP contribution in [0, 0.1) is 17.2 Å². The molecule has 19 heavy (non-hydrogen) atoms. The number of hydrogen-bond donors (Lipinski definition) is 1. The second-order valence-electron chi connectivity index (χ2n) is 4.96. The van der Waals surface area contributed by atoms with Gasteiger partial charge < -0.3 is 14.7 Å². The van der Waals surface area contributed by atoms with Gasteiger partial charge in [-0.2, -0.15) is 5.26 Å². The van der Waals surface area contributed by atoms with Crippen molar-refractivity contribution in [3.63, 3.8) is 0 Å².